The van der Waals surface area contributed by atoms with Crippen molar-refractivity contribution < 1.29 is 4.74 Å². The lowest BCUT2D eigenvalue weighted by Crippen LogP contribution is -2.34. The van der Waals surface area contributed by atoms with Crippen LogP contribution in [0, 0.1) is 6.92 Å². The molecule has 1 atom stereocenters. The maximum Gasteiger partial charge on any atom is 0.119 e. The summed E-state index contributed by atoms with van der Waals surface area (Å²) in [6.07, 6.45) is 4.37. The average Bonchev–Trinajstić information content (AvgIpc) is 3.20. The number of hydrogen-bond donors (Lipinski definition) is 2. The molecule has 0 aliphatic carbocycles. The highest BCUT2D eigenvalue weighted by molar-refractivity contribution is 5.81. The maximum atomic E-state index is 5.31. The van der Waals surface area contributed by atoms with Crippen LogP contribution in [0.1, 0.15) is 36.0 Å². The Morgan fingerprint density at radius 1 is 1.29 bits per heavy atom. The standard InChI is InChI=1S/C19H24N4O/c1-13-10-20-19(21-13)14-4-3-7-23(11-14)12-16-8-15-9-17(24-2)5-6-18(15)22-16/h5-6,8-10,14,22H,3-4,7,11-12H2,1-2H3,(H,20,21)/t14-/m1/s1. The van der Waals surface area contributed by atoms with Crippen LogP contribution in [0.3, 0.4) is 0 Å². The molecule has 0 unspecified atom stereocenters. The number of benzene rings is 1. The highest BCUT2D eigenvalue weighted by atomic mass is 16.5. The van der Waals surface area contributed by atoms with Crippen molar-refractivity contribution in [2.24, 2.45) is 0 Å². The van der Waals surface area contributed by atoms with Gasteiger partial charge in [0.2, 0.25) is 0 Å². The summed E-state index contributed by atoms with van der Waals surface area (Å²) in [6, 6.07) is 8.40. The number of aromatic amines is 2. The molecule has 2 N–H and O–H groups in total. The van der Waals surface area contributed by atoms with Crippen molar-refractivity contribution in [3.8, 4) is 5.75 Å². The number of ether oxygens (including phenoxy) is 1. The summed E-state index contributed by atoms with van der Waals surface area (Å²) in [5.74, 6) is 2.55. The monoisotopic (exact) mass is 324 g/mol. The summed E-state index contributed by atoms with van der Waals surface area (Å²) in [5, 5.41) is 1.21. The summed E-state index contributed by atoms with van der Waals surface area (Å²) in [6.45, 7) is 5.23. The lowest BCUT2D eigenvalue weighted by Gasteiger charge is -2.31. The molecule has 3 heterocycles. The molecule has 0 saturated carbocycles. The molecule has 1 fully saturated rings. The van der Waals surface area contributed by atoms with Gasteiger partial charge < -0.3 is 14.7 Å². The van der Waals surface area contributed by atoms with Crippen LogP contribution in [-0.2, 0) is 6.54 Å². The molecule has 1 aliphatic heterocycles. The number of likely N-dealkylation sites (tertiary alicyclic amines) is 1. The Hall–Kier alpha value is -2.27. The first-order chi connectivity index (χ1) is 11.7. The first-order valence-corrected chi connectivity index (χ1v) is 8.61. The van der Waals surface area contributed by atoms with E-state index in [0.717, 1.165) is 36.9 Å². The van der Waals surface area contributed by atoms with Gasteiger partial charge in [-0.1, -0.05) is 0 Å². The highest BCUT2D eigenvalue weighted by Gasteiger charge is 2.23. The van der Waals surface area contributed by atoms with E-state index in [0.29, 0.717) is 5.92 Å². The van der Waals surface area contributed by atoms with Gasteiger partial charge in [-0.3, -0.25) is 4.90 Å². The molecule has 5 nitrogen and oxygen atoms in total. The van der Waals surface area contributed by atoms with Crippen molar-refractivity contribution in [1.82, 2.24) is 19.9 Å². The van der Waals surface area contributed by atoms with Gasteiger partial charge in [0.15, 0.2) is 0 Å². The van der Waals surface area contributed by atoms with Crippen molar-refractivity contribution in [3.63, 3.8) is 0 Å². The molecule has 1 saturated heterocycles. The van der Waals surface area contributed by atoms with Gasteiger partial charge in [-0.25, -0.2) is 4.98 Å². The minimum atomic E-state index is 0.511. The van der Waals surface area contributed by atoms with Gasteiger partial charge in [0.05, 0.1) is 7.11 Å². The van der Waals surface area contributed by atoms with Crippen molar-refractivity contribution in [2.45, 2.75) is 32.2 Å². The minimum absolute atomic E-state index is 0.511. The van der Waals surface area contributed by atoms with Gasteiger partial charge in [-0.2, -0.15) is 0 Å². The number of H-pyrrole nitrogens is 2. The third kappa shape index (κ3) is 3.04. The number of imidazole rings is 1. The predicted octanol–water partition coefficient (Wildman–Crippen LogP) is 3.59. The lowest BCUT2D eigenvalue weighted by molar-refractivity contribution is 0.195. The van der Waals surface area contributed by atoms with Crippen LogP contribution in [0.25, 0.3) is 10.9 Å². The van der Waals surface area contributed by atoms with E-state index in [-0.39, 0.29) is 0 Å². The van der Waals surface area contributed by atoms with E-state index in [4.69, 9.17) is 4.74 Å². The van der Waals surface area contributed by atoms with Crippen LogP contribution in [0.2, 0.25) is 0 Å². The van der Waals surface area contributed by atoms with Gasteiger partial charge in [-0.05, 0) is 50.6 Å². The molecular weight excluding hydrogens is 300 g/mol. The van der Waals surface area contributed by atoms with E-state index in [2.05, 4.69) is 45.0 Å². The summed E-state index contributed by atoms with van der Waals surface area (Å²) < 4.78 is 5.31. The number of piperidine rings is 1. The SMILES string of the molecule is COc1ccc2[nH]c(CN3CCC[C@@H](c4ncc(C)[nH]4)C3)cc2c1. The summed E-state index contributed by atoms with van der Waals surface area (Å²) in [4.78, 5) is 14.0. The second-order valence-corrected chi connectivity index (χ2v) is 6.77. The Labute approximate surface area is 142 Å². The largest absolute Gasteiger partial charge is 0.497 e. The van der Waals surface area contributed by atoms with Crippen LogP contribution in [0.5, 0.6) is 5.75 Å². The molecule has 0 bridgehead atoms. The number of rotatable bonds is 4. The van der Waals surface area contributed by atoms with E-state index in [9.17, 15) is 0 Å². The van der Waals surface area contributed by atoms with Crippen molar-refractivity contribution in [2.75, 3.05) is 20.2 Å². The summed E-state index contributed by atoms with van der Waals surface area (Å²) in [7, 11) is 1.71. The minimum Gasteiger partial charge on any atom is -0.497 e. The van der Waals surface area contributed by atoms with Crippen LogP contribution in [0.15, 0.2) is 30.5 Å². The molecule has 0 radical (unpaired) electrons. The molecule has 126 valence electrons. The average molecular weight is 324 g/mol. The molecule has 5 heteroatoms. The van der Waals surface area contributed by atoms with Crippen LogP contribution >= 0.6 is 0 Å². The molecule has 0 spiro atoms. The Bertz CT molecular complexity index is 835. The zero-order valence-electron chi connectivity index (χ0n) is 14.3. The second kappa shape index (κ2) is 6.32. The zero-order valence-corrected chi connectivity index (χ0v) is 14.3. The number of fused-ring (bicyclic) bond motifs is 1. The maximum absolute atomic E-state index is 5.31. The lowest BCUT2D eigenvalue weighted by atomic mass is 9.97. The van der Waals surface area contributed by atoms with Crippen molar-refractivity contribution in [1.29, 1.82) is 0 Å². The molecule has 0 amide bonds. The Balaban J connectivity index is 1.48. The molecule has 1 aliphatic rings. The summed E-state index contributed by atoms with van der Waals surface area (Å²) in [5.41, 5.74) is 3.57. The fraction of sp³-hybridized carbons (Fsp3) is 0.421. The van der Waals surface area contributed by atoms with Crippen LogP contribution in [0.4, 0.5) is 0 Å². The number of nitrogens with one attached hydrogen (secondary N) is 2. The summed E-state index contributed by atoms with van der Waals surface area (Å²) >= 11 is 0. The fourth-order valence-electron chi connectivity index (χ4n) is 3.69. The Kier molecular flexibility index (Phi) is 4.02. The predicted molar refractivity (Wildman–Crippen MR) is 95.4 cm³/mol. The van der Waals surface area contributed by atoms with Gasteiger partial charge in [-0.15, -0.1) is 0 Å². The molecule has 3 aromatic rings. The first-order valence-electron chi connectivity index (χ1n) is 8.61. The number of aromatic nitrogens is 3. The molecule has 1 aromatic carbocycles. The third-order valence-electron chi connectivity index (χ3n) is 4.89. The van der Waals surface area contributed by atoms with Crippen molar-refractivity contribution >= 4 is 10.9 Å². The van der Waals surface area contributed by atoms with E-state index in [1.807, 2.05) is 12.3 Å². The first kappa shape index (κ1) is 15.3. The fourth-order valence-corrected chi connectivity index (χ4v) is 3.69. The van der Waals surface area contributed by atoms with E-state index < -0.39 is 0 Å². The number of aryl methyl sites for hydroxylation is 1. The number of methoxy groups -OCH3 is 1. The highest BCUT2D eigenvalue weighted by Crippen LogP contribution is 2.27. The van der Waals surface area contributed by atoms with Gasteiger partial charge in [0.25, 0.3) is 0 Å². The Morgan fingerprint density at radius 2 is 2.21 bits per heavy atom. The van der Waals surface area contributed by atoms with E-state index in [1.165, 1.54) is 29.4 Å². The van der Waals surface area contributed by atoms with Crippen LogP contribution < -0.4 is 4.74 Å². The number of nitrogens with zero attached hydrogens (tertiary/aromatic N) is 2. The Morgan fingerprint density at radius 3 is 3.00 bits per heavy atom. The zero-order chi connectivity index (χ0) is 16.5. The smallest absolute Gasteiger partial charge is 0.119 e. The van der Waals surface area contributed by atoms with Crippen molar-refractivity contribution in [3.05, 3.63) is 47.7 Å². The van der Waals surface area contributed by atoms with Gasteiger partial charge in [0.1, 0.15) is 11.6 Å². The molecule has 4 rings (SSSR count). The van der Waals surface area contributed by atoms with E-state index >= 15 is 0 Å². The quantitative estimate of drug-likeness (QED) is 0.771. The number of hydrogen-bond acceptors (Lipinski definition) is 3. The van der Waals surface area contributed by atoms with Gasteiger partial charge in [0, 0.05) is 47.5 Å². The topological polar surface area (TPSA) is 56.9 Å². The molecule has 24 heavy (non-hydrogen) atoms. The second-order valence-electron chi connectivity index (χ2n) is 6.77. The third-order valence-corrected chi connectivity index (χ3v) is 4.89. The molecule has 2 aromatic heterocycles. The van der Waals surface area contributed by atoms with Crippen LogP contribution in [-0.4, -0.2) is 40.1 Å². The van der Waals surface area contributed by atoms with Gasteiger partial charge >= 0.3 is 0 Å². The normalized spacial score (nSPS) is 19.0. The molecular formula is C19H24N4O. The van der Waals surface area contributed by atoms with E-state index in [1.54, 1.807) is 7.11 Å².